The van der Waals surface area contributed by atoms with E-state index in [9.17, 15) is 13.6 Å². The molecular formula is C20H13Cl2F2N3O5. The van der Waals surface area contributed by atoms with Crippen molar-refractivity contribution < 1.29 is 32.6 Å². The first-order valence-corrected chi connectivity index (χ1v) is 9.41. The van der Waals surface area contributed by atoms with Crippen LogP contribution in [0.1, 0.15) is 5.56 Å². The van der Waals surface area contributed by atoms with Crippen molar-refractivity contribution in [2.24, 2.45) is 5.16 Å². The van der Waals surface area contributed by atoms with Gasteiger partial charge in [0.25, 0.3) is 11.8 Å². The topological polar surface area (TPSA) is 92.1 Å². The molecule has 166 valence electrons. The third-order valence-corrected chi connectivity index (χ3v) is 4.63. The van der Waals surface area contributed by atoms with Crippen molar-refractivity contribution in [2.45, 2.75) is 0 Å². The number of nitrogens with zero attached hydrogens (tertiary/aromatic N) is 3. The van der Waals surface area contributed by atoms with Gasteiger partial charge in [0.05, 0.1) is 17.7 Å². The second kappa shape index (κ2) is 10.2. The molecule has 0 fully saturated rings. The van der Waals surface area contributed by atoms with Gasteiger partial charge >= 0.3 is 5.97 Å². The van der Waals surface area contributed by atoms with Gasteiger partial charge in [-0.15, -0.1) is 0 Å². The first kappa shape index (κ1) is 23.2. The molecule has 0 spiro atoms. The van der Waals surface area contributed by atoms with E-state index in [1.54, 1.807) is 6.07 Å². The molecule has 0 atom stereocenters. The second-order valence-electron chi connectivity index (χ2n) is 5.78. The van der Waals surface area contributed by atoms with Crippen LogP contribution in [0.2, 0.25) is 10.0 Å². The van der Waals surface area contributed by atoms with E-state index in [4.69, 9.17) is 32.7 Å². The molecule has 32 heavy (non-hydrogen) atoms. The number of rotatable bonds is 7. The van der Waals surface area contributed by atoms with Crippen LogP contribution in [0.25, 0.3) is 0 Å². The molecule has 0 aliphatic carbocycles. The molecule has 1 heterocycles. The van der Waals surface area contributed by atoms with Crippen molar-refractivity contribution in [2.75, 3.05) is 14.2 Å². The first-order valence-electron chi connectivity index (χ1n) is 8.65. The predicted octanol–water partition coefficient (Wildman–Crippen LogP) is 5.17. The molecule has 1 aromatic heterocycles. The predicted molar refractivity (Wildman–Crippen MR) is 111 cm³/mol. The number of ether oxygens (including phenoxy) is 3. The Hall–Kier alpha value is -3.50. The van der Waals surface area contributed by atoms with Gasteiger partial charge < -0.3 is 19.0 Å². The fourth-order valence-corrected chi connectivity index (χ4v) is 2.77. The molecule has 0 unspecified atom stereocenters. The summed E-state index contributed by atoms with van der Waals surface area (Å²) in [7, 11) is 2.22. The van der Waals surface area contributed by atoms with Gasteiger partial charge in [-0.25, -0.2) is 9.18 Å². The summed E-state index contributed by atoms with van der Waals surface area (Å²) in [5.74, 6) is -4.45. The van der Waals surface area contributed by atoms with Crippen LogP contribution < -0.4 is 9.47 Å². The molecule has 3 rings (SSSR count). The summed E-state index contributed by atoms with van der Waals surface area (Å²) in [5.41, 5.74) is -0.973. The monoisotopic (exact) mass is 483 g/mol. The lowest BCUT2D eigenvalue weighted by molar-refractivity contribution is -0.132. The zero-order valence-corrected chi connectivity index (χ0v) is 17.9. The van der Waals surface area contributed by atoms with E-state index in [1.165, 1.54) is 24.3 Å². The van der Waals surface area contributed by atoms with E-state index < -0.39 is 40.6 Å². The Morgan fingerprint density at radius 1 is 0.969 bits per heavy atom. The highest BCUT2D eigenvalue weighted by Crippen LogP contribution is 2.37. The van der Waals surface area contributed by atoms with Gasteiger partial charge in [-0.1, -0.05) is 40.5 Å². The number of aromatic nitrogens is 2. The number of methoxy groups -OCH3 is 1. The van der Waals surface area contributed by atoms with Gasteiger partial charge in [-0.05, 0) is 24.3 Å². The number of benzene rings is 2. The summed E-state index contributed by atoms with van der Waals surface area (Å²) in [5, 5.41) is 3.72. The standard InChI is InChI=1S/C20H13Cl2F2N3O5/c1-29-20(28)17(27-30-2)14-11(23)6-4-7-12(14)31-18-16(24)19(26-9-25-18)32-13-8-3-5-10(21)15(13)22/h3-9H,1-2H3. The molecular weight excluding hydrogens is 471 g/mol. The molecule has 0 amide bonds. The molecule has 12 heteroatoms. The van der Waals surface area contributed by atoms with E-state index in [0.717, 1.165) is 26.6 Å². The minimum Gasteiger partial charge on any atom is -0.464 e. The number of halogens is 4. The summed E-state index contributed by atoms with van der Waals surface area (Å²) in [4.78, 5) is 24.0. The van der Waals surface area contributed by atoms with Crippen LogP contribution in [0, 0.1) is 11.6 Å². The maximum Gasteiger partial charge on any atom is 0.361 e. The van der Waals surface area contributed by atoms with Crippen molar-refractivity contribution in [1.29, 1.82) is 0 Å². The van der Waals surface area contributed by atoms with Crippen molar-refractivity contribution in [3.05, 3.63) is 70.0 Å². The number of hydrogen-bond acceptors (Lipinski definition) is 8. The number of esters is 1. The summed E-state index contributed by atoms with van der Waals surface area (Å²) in [6.45, 7) is 0. The fourth-order valence-electron chi connectivity index (χ4n) is 2.44. The number of hydrogen-bond donors (Lipinski definition) is 0. The molecule has 0 saturated heterocycles. The zero-order chi connectivity index (χ0) is 23.3. The van der Waals surface area contributed by atoms with Gasteiger partial charge in [-0.3, -0.25) is 0 Å². The Morgan fingerprint density at radius 2 is 1.59 bits per heavy atom. The first-order chi connectivity index (χ1) is 15.4. The lowest BCUT2D eigenvalue weighted by Crippen LogP contribution is -2.20. The largest absolute Gasteiger partial charge is 0.464 e. The van der Waals surface area contributed by atoms with Crippen LogP contribution in [0.3, 0.4) is 0 Å². The van der Waals surface area contributed by atoms with Crippen LogP contribution in [-0.2, 0) is 14.4 Å². The molecule has 0 saturated carbocycles. The maximum absolute atomic E-state index is 15.0. The summed E-state index contributed by atoms with van der Waals surface area (Å²) in [6, 6.07) is 8.10. The van der Waals surface area contributed by atoms with Crippen molar-refractivity contribution >= 4 is 34.9 Å². The average Bonchev–Trinajstić information content (AvgIpc) is 2.78. The number of carbonyl (C=O) groups is 1. The highest BCUT2D eigenvalue weighted by Gasteiger charge is 2.26. The summed E-state index contributed by atoms with van der Waals surface area (Å²) in [6.07, 6.45) is 0.954. The Balaban J connectivity index is 2.01. The van der Waals surface area contributed by atoms with Crippen molar-refractivity contribution in [3.8, 4) is 23.3 Å². The minimum atomic E-state index is -1.12. The van der Waals surface area contributed by atoms with E-state index >= 15 is 0 Å². The lowest BCUT2D eigenvalue weighted by atomic mass is 10.1. The Labute approximate surface area is 190 Å². The van der Waals surface area contributed by atoms with E-state index in [0.29, 0.717) is 0 Å². The van der Waals surface area contributed by atoms with Crippen LogP contribution in [0.4, 0.5) is 8.78 Å². The Bertz CT molecular complexity index is 1190. The van der Waals surface area contributed by atoms with E-state index in [-0.39, 0.29) is 21.5 Å². The summed E-state index contributed by atoms with van der Waals surface area (Å²) < 4.78 is 45.0. The van der Waals surface area contributed by atoms with Crippen LogP contribution in [0.5, 0.6) is 23.3 Å². The molecule has 0 aliphatic rings. The van der Waals surface area contributed by atoms with Crippen molar-refractivity contribution in [3.63, 3.8) is 0 Å². The highest BCUT2D eigenvalue weighted by molar-refractivity contribution is 6.44. The smallest absolute Gasteiger partial charge is 0.361 e. The average molecular weight is 484 g/mol. The molecule has 0 N–H and O–H groups in total. The third-order valence-electron chi connectivity index (χ3n) is 3.83. The van der Waals surface area contributed by atoms with Gasteiger partial charge in [0.2, 0.25) is 11.5 Å². The van der Waals surface area contributed by atoms with E-state index in [2.05, 4.69) is 24.7 Å². The third kappa shape index (κ3) is 4.87. The minimum absolute atomic E-state index is 0.0365. The molecule has 2 aromatic carbocycles. The van der Waals surface area contributed by atoms with Crippen molar-refractivity contribution in [1.82, 2.24) is 9.97 Å². The van der Waals surface area contributed by atoms with Gasteiger partial charge in [0, 0.05) is 0 Å². The molecule has 3 aromatic rings. The number of carbonyl (C=O) groups excluding carboxylic acids is 1. The van der Waals surface area contributed by atoms with Gasteiger partial charge in [0.1, 0.15) is 35.8 Å². The highest BCUT2D eigenvalue weighted by atomic mass is 35.5. The second-order valence-corrected chi connectivity index (χ2v) is 6.57. The Morgan fingerprint density at radius 3 is 2.25 bits per heavy atom. The normalized spacial score (nSPS) is 11.1. The van der Waals surface area contributed by atoms with Gasteiger partial charge in [0.15, 0.2) is 0 Å². The van der Waals surface area contributed by atoms with E-state index in [1.807, 2.05) is 0 Å². The van der Waals surface area contributed by atoms with Crippen LogP contribution in [0.15, 0.2) is 47.9 Å². The van der Waals surface area contributed by atoms with Crippen LogP contribution >= 0.6 is 23.2 Å². The van der Waals surface area contributed by atoms with Crippen LogP contribution in [-0.4, -0.2) is 35.9 Å². The SMILES string of the molecule is CON=C(C(=O)OC)c1c(F)cccc1Oc1ncnc(Oc2cccc(Cl)c2Cl)c1F. The zero-order valence-electron chi connectivity index (χ0n) is 16.4. The molecule has 0 radical (unpaired) electrons. The lowest BCUT2D eigenvalue weighted by Gasteiger charge is -2.13. The number of oxime groups is 1. The molecule has 8 nitrogen and oxygen atoms in total. The van der Waals surface area contributed by atoms with Gasteiger partial charge in [-0.2, -0.15) is 14.4 Å². The quantitative estimate of drug-likeness (QED) is 0.260. The Kier molecular flexibility index (Phi) is 7.39. The fraction of sp³-hybridized carbons (Fsp3) is 0.100. The molecule has 0 bridgehead atoms. The summed E-state index contributed by atoms with van der Waals surface area (Å²) >= 11 is 12.0. The maximum atomic E-state index is 15.0. The molecule has 0 aliphatic heterocycles.